The Hall–Kier alpha value is -1.39. The maximum absolute atomic E-state index is 13.2. The maximum atomic E-state index is 13.2. The molecule has 4 heteroatoms. The summed E-state index contributed by atoms with van der Waals surface area (Å²) in [6.45, 7) is 3.63. The summed E-state index contributed by atoms with van der Waals surface area (Å²) in [6, 6.07) is 10.3. The molecule has 0 radical (unpaired) electrons. The minimum atomic E-state index is -0.237. The molecule has 0 aliphatic rings. The average molecular weight is 324 g/mol. The molecule has 19 heavy (non-hydrogen) atoms. The van der Waals surface area contributed by atoms with E-state index in [1.165, 1.54) is 6.07 Å². The van der Waals surface area contributed by atoms with Crippen molar-refractivity contribution < 1.29 is 9.13 Å². The van der Waals surface area contributed by atoms with Gasteiger partial charge in [-0.15, -0.1) is 0 Å². The Bertz CT molecular complexity index is 599. The first kappa shape index (κ1) is 14.0. The number of aryl methyl sites for hydroxylation is 1. The van der Waals surface area contributed by atoms with Gasteiger partial charge in [-0.05, 0) is 71.2 Å². The van der Waals surface area contributed by atoms with Crippen molar-refractivity contribution >= 4 is 15.9 Å². The number of halogens is 2. The maximum Gasteiger partial charge on any atom is 0.141 e. The van der Waals surface area contributed by atoms with Gasteiger partial charge in [-0.1, -0.05) is 6.07 Å². The SMILES string of the molecule is Cc1cc(Oc2ccc(C(C)N)cc2Br)ccc1F. The van der Waals surface area contributed by atoms with Crippen molar-refractivity contribution in [1.29, 1.82) is 0 Å². The van der Waals surface area contributed by atoms with Crippen LogP contribution in [0.25, 0.3) is 0 Å². The van der Waals surface area contributed by atoms with Gasteiger partial charge in [0.2, 0.25) is 0 Å². The van der Waals surface area contributed by atoms with E-state index in [0.717, 1.165) is 10.0 Å². The summed E-state index contributed by atoms with van der Waals surface area (Å²) >= 11 is 3.45. The quantitative estimate of drug-likeness (QED) is 0.887. The van der Waals surface area contributed by atoms with Crippen LogP contribution in [0.5, 0.6) is 11.5 Å². The average Bonchev–Trinajstić information content (AvgIpc) is 2.36. The molecule has 0 amide bonds. The van der Waals surface area contributed by atoms with Gasteiger partial charge in [-0.25, -0.2) is 4.39 Å². The van der Waals surface area contributed by atoms with E-state index in [1.807, 2.05) is 25.1 Å². The van der Waals surface area contributed by atoms with Crippen molar-refractivity contribution in [3.8, 4) is 11.5 Å². The summed E-state index contributed by atoms with van der Waals surface area (Å²) in [7, 11) is 0. The fraction of sp³-hybridized carbons (Fsp3) is 0.200. The van der Waals surface area contributed by atoms with E-state index in [1.54, 1.807) is 19.1 Å². The molecule has 0 heterocycles. The van der Waals surface area contributed by atoms with Crippen LogP contribution in [0.3, 0.4) is 0 Å². The largest absolute Gasteiger partial charge is 0.456 e. The second-order valence-electron chi connectivity index (χ2n) is 4.49. The van der Waals surface area contributed by atoms with E-state index in [0.29, 0.717) is 17.1 Å². The van der Waals surface area contributed by atoms with Crippen LogP contribution < -0.4 is 10.5 Å². The highest BCUT2D eigenvalue weighted by Gasteiger charge is 2.07. The second-order valence-corrected chi connectivity index (χ2v) is 5.35. The molecule has 0 saturated heterocycles. The number of benzene rings is 2. The number of hydrogen-bond donors (Lipinski definition) is 1. The van der Waals surface area contributed by atoms with E-state index in [2.05, 4.69) is 15.9 Å². The molecular weight excluding hydrogens is 309 g/mol. The van der Waals surface area contributed by atoms with Crippen LogP contribution in [-0.4, -0.2) is 0 Å². The number of nitrogens with two attached hydrogens (primary N) is 1. The predicted octanol–water partition coefficient (Wildman–Crippen LogP) is 4.71. The Labute approximate surface area is 120 Å². The minimum Gasteiger partial charge on any atom is -0.456 e. The third-order valence-corrected chi connectivity index (χ3v) is 3.46. The van der Waals surface area contributed by atoms with Crippen molar-refractivity contribution in [2.24, 2.45) is 5.73 Å². The first-order valence-electron chi connectivity index (χ1n) is 5.96. The molecule has 1 atom stereocenters. The molecule has 0 aliphatic carbocycles. The summed E-state index contributed by atoms with van der Waals surface area (Å²) in [5, 5.41) is 0. The standard InChI is InChI=1S/C15H15BrFNO/c1-9-7-12(4-5-14(9)17)19-15-6-3-11(10(2)18)8-13(15)16/h3-8,10H,18H2,1-2H3. The van der Waals surface area contributed by atoms with Gasteiger partial charge in [0, 0.05) is 6.04 Å². The van der Waals surface area contributed by atoms with Gasteiger partial charge in [-0.3, -0.25) is 0 Å². The Morgan fingerprint density at radius 2 is 1.95 bits per heavy atom. The number of ether oxygens (including phenoxy) is 1. The monoisotopic (exact) mass is 323 g/mol. The molecule has 2 nitrogen and oxygen atoms in total. The van der Waals surface area contributed by atoms with Crippen molar-refractivity contribution in [1.82, 2.24) is 0 Å². The lowest BCUT2D eigenvalue weighted by atomic mass is 10.1. The molecule has 0 bridgehead atoms. The van der Waals surface area contributed by atoms with Crippen molar-refractivity contribution in [2.75, 3.05) is 0 Å². The third kappa shape index (κ3) is 3.33. The van der Waals surface area contributed by atoms with Crippen LogP contribution in [0, 0.1) is 12.7 Å². The van der Waals surface area contributed by atoms with E-state index in [-0.39, 0.29) is 11.9 Å². The molecule has 0 spiro atoms. The number of hydrogen-bond acceptors (Lipinski definition) is 2. The normalized spacial score (nSPS) is 12.3. The van der Waals surface area contributed by atoms with Gasteiger partial charge in [0.05, 0.1) is 4.47 Å². The molecule has 2 rings (SSSR count). The van der Waals surface area contributed by atoms with Gasteiger partial charge >= 0.3 is 0 Å². The lowest BCUT2D eigenvalue weighted by Gasteiger charge is -2.11. The zero-order valence-electron chi connectivity index (χ0n) is 10.8. The highest BCUT2D eigenvalue weighted by molar-refractivity contribution is 9.10. The Morgan fingerprint density at radius 3 is 2.53 bits per heavy atom. The summed E-state index contributed by atoms with van der Waals surface area (Å²) in [5.74, 6) is 1.04. The first-order chi connectivity index (χ1) is 8.97. The van der Waals surface area contributed by atoms with Crippen molar-refractivity contribution in [3.05, 3.63) is 57.8 Å². The van der Waals surface area contributed by atoms with Crippen molar-refractivity contribution in [2.45, 2.75) is 19.9 Å². The fourth-order valence-electron chi connectivity index (χ4n) is 1.69. The molecule has 0 saturated carbocycles. The first-order valence-corrected chi connectivity index (χ1v) is 6.75. The van der Waals surface area contributed by atoms with E-state index in [4.69, 9.17) is 10.5 Å². The number of rotatable bonds is 3. The second kappa shape index (κ2) is 5.72. The molecule has 2 aromatic carbocycles. The topological polar surface area (TPSA) is 35.2 Å². The lowest BCUT2D eigenvalue weighted by molar-refractivity contribution is 0.476. The fourth-order valence-corrected chi connectivity index (χ4v) is 2.17. The molecule has 100 valence electrons. The van der Waals surface area contributed by atoms with Gasteiger partial charge in [0.15, 0.2) is 0 Å². The third-order valence-electron chi connectivity index (χ3n) is 2.84. The zero-order valence-corrected chi connectivity index (χ0v) is 12.4. The molecule has 2 aromatic rings. The van der Waals surface area contributed by atoms with Crippen LogP contribution in [0.1, 0.15) is 24.1 Å². The van der Waals surface area contributed by atoms with Gasteiger partial charge in [0.25, 0.3) is 0 Å². The zero-order chi connectivity index (χ0) is 14.0. The molecule has 0 fully saturated rings. The summed E-state index contributed by atoms with van der Waals surface area (Å²) < 4.78 is 19.7. The summed E-state index contributed by atoms with van der Waals surface area (Å²) in [5.41, 5.74) is 7.40. The smallest absolute Gasteiger partial charge is 0.141 e. The molecule has 1 unspecified atom stereocenters. The highest BCUT2D eigenvalue weighted by atomic mass is 79.9. The highest BCUT2D eigenvalue weighted by Crippen LogP contribution is 2.32. The van der Waals surface area contributed by atoms with Crippen LogP contribution in [0.4, 0.5) is 4.39 Å². The van der Waals surface area contributed by atoms with E-state index < -0.39 is 0 Å². The van der Waals surface area contributed by atoms with Crippen LogP contribution in [0.15, 0.2) is 40.9 Å². The van der Waals surface area contributed by atoms with Gasteiger partial charge < -0.3 is 10.5 Å². The lowest BCUT2D eigenvalue weighted by Crippen LogP contribution is -2.04. The molecule has 2 N–H and O–H groups in total. The van der Waals surface area contributed by atoms with Crippen molar-refractivity contribution in [3.63, 3.8) is 0 Å². The van der Waals surface area contributed by atoms with E-state index >= 15 is 0 Å². The van der Waals surface area contributed by atoms with Gasteiger partial charge in [-0.2, -0.15) is 0 Å². The molecular formula is C15H15BrFNO. The summed E-state index contributed by atoms with van der Waals surface area (Å²) in [4.78, 5) is 0. The van der Waals surface area contributed by atoms with E-state index in [9.17, 15) is 4.39 Å². The Morgan fingerprint density at radius 1 is 1.21 bits per heavy atom. The summed E-state index contributed by atoms with van der Waals surface area (Å²) in [6.07, 6.45) is 0. The Kier molecular flexibility index (Phi) is 4.22. The van der Waals surface area contributed by atoms with Crippen LogP contribution in [-0.2, 0) is 0 Å². The Balaban J connectivity index is 2.25. The van der Waals surface area contributed by atoms with Crippen LogP contribution in [0.2, 0.25) is 0 Å². The predicted molar refractivity (Wildman–Crippen MR) is 78.0 cm³/mol. The van der Waals surface area contributed by atoms with Gasteiger partial charge in [0.1, 0.15) is 17.3 Å². The molecule has 0 aliphatic heterocycles. The van der Waals surface area contributed by atoms with Crippen LogP contribution >= 0.6 is 15.9 Å². The molecule has 0 aromatic heterocycles. The minimum absolute atomic E-state index is 0.0292.